The molecule has 0 aromatic carbocycles. The molecule has 0 saturated carbocycles. The highest BCUT2D eigenvalue weighted by molar-refractivity contribution is 7.99. The first kappa shape index (κ1) is 17.7. The molecular weight excluding hydrogens is 304 g/mol. The molecule has 118 valence electrons. The minimum atomic E-state index is -0.193. The number of rotatable bonds is 7. The number of carbonyl (C=O) groups is 2. The first-order chi connectivity index (χ1) is 10.5. The summed E-state index contributed by atoms with van der Waals surface area (Å²) in [6.07, 6.45) is 1.32. The fraction of sp³-hybridized carbons (Fsp3) is 0.462. The van der Waals surface area contributed by atoms with Gasteiger partial charge in [-0.05, 0) is 13.8 Å². The van der Waals surface area contributed by atoms with Gasteiger partial charge >= 0.3 is 0 Å². The Morgan fingerprint density at radius 3 is 2.77 bits per heavy atom. The SMILES string of the molecule is CCNC(=O)CN(CC)C(=O)CSc1ncc(C#N)c(N)n1. The van der Waals surface area contributed by atoms with E-state index >= 15 is 0 Å². The normalized spacial score (nSPS) is 9.86. The Bertz CT molecular complexity index is 586. The van der Waals surface area contributed by atoms with Gasteiger partial charge in [0.2, 0.25) is 11.8 Å². The minimum Gasteiger partial charge on any atom is -0.382 e. The summed E-state index contributed by atoms with van der Waals surface area (Å²) >= 11 is 1.11. The molecule has 0 unspecified atom stereocenters. The van der Waals surface area contributed by atoms with Crippen molar-refractivity contribution in [1.82, 2.24) is 20.2 Å². The lowest BCUT2D eigenvalue weighted by Gasteiger charge is -2.19. The van der Waals surface area contributed by atoms with Crippen LogP contribution < -0.4 is 11.1 Å². The summed E-state index contributed by atoms with van der Waals surface area (Å²) < 4.78 is 0. The molecule has 9 heteroatoms. The molecule has 1 aromatic rings. The smallest absolute Gasteiger partial charge is 0.239 e. The Balaban J connectivity index is 2.58. The number of nitrogens with zero attached hydrogens (tertiary/aromatic N) is 4. The first-order valence-corrected chi connectivity index (χ1v) is 7.70. The molecule has 1 rings (SSSR count). The van der Waals surface area contributed by atoms with E-state index in [1.54, 1.807) is 6.92 Å². The average Bonchev–Trinajstić information content (AvgIpc) is 2.50. The highest BCUT2D eigenvalue weighted by atomic mass is 32.2. The molecule has 2 amide bonds. The van der Waals surface area contributed by atoms with Gasteiger partial charge in [-0.15, -0.1) is 0 Å². The number of anilines is 1. The topological polar surface area (TPSA) is 125 Å². The lowest BCUT2D eigenvalue weighted by Crippen LogP contribution is -2.41. The molecule has 0 aliphatic heterocycles. The van der Waals surface area contributed by atoms with Gasteiger partial charge in [-0.3, -0.25) is 9.59 Å². The third kappa shape index (κ3) is 5.21. The van der Waals surface area contributed by atoms with Crippen LogP contribution in [0.3, 0.4) is 0 Å². The van der Waals surface area contributed by atoms with E-state index in [-0.39, 0.29) is 35.5 Å². The number of aromatic nitrogens is 2. The molecule has 1 heterocycles. The Labute approximate surface area is 133 Å². The van der Waals surface area contributed by atoms with Gasteiger partial charge in [0.1, 0.15) is 17.5 Å². The van der Waals surface area contributed by atoms with Crippen molar-refractivity contribution >= 4 is 29.4 Å². The molecule has 0 saturated heterocycles. The maximum atomic E-state index is 12.1. The van der Waals surface area contributed by atoms with Crippen LogP contribution in [0.25, 0.3) is 0 Å². The zero-order valence-electron chi connectivity index (χ0n) is 12.5. The zero-order chi connectivity index (χ0) is 16.5. The van der Waals surface area contributed by atoms with Crippen molar-refractivity contribution in [2.75, 3.05) is 31.1 Å². The van der Waals surface area contributed by atoms with Gasteiger partial charge in [0, 0.05) is 13.1 Å². The van der Waals surface area contributed by atoms with Gasteiger partial charge in [-0.1, -0.05) is 11.8 Å². The van der Waals surface area contributed by atoms with Gasteiger partial charge in [-0.25, -0.2) is 9.97 Å². The summed E-state index contributed by atoms with van der Waals surface area (Å²) in [7, 11) is 0. The van der Waals surface area contributed by atoms with Crippen molar-refractivity contribution in [3.05, 3.63) is 11.8 Å². The van der Waals surface area contributed by atoms with Crippen molar-refractivity contribution in [3.8, 4) is 6.07 Å². The van der Waals surface area contributed by atoms with Crippen molar-refractivity contribution in [3.63, 3.8) is 0 Å². The zero-order valence-corrected chi connectivity index (χ0v) is 13.3. The Morgan fingerprint density at radius 1 is 1.50 bits per heavy atom. The maximum Gasteiger partial charge on any atom is 0.239 e. The molecule has 0 radical (unpaired) electrons. The fourth-order valence-electron chi connectivity index (χ4n) is 1.55. The number of amides is 2. The number of nitrogens with two attached hydrogens (primary N) is 1. The quantitative estimate of drug-likeness (QED) is 0.535. The van der Waals surface area contributed by atoms with E-state index in [1.807, 2.05) is 13.0 Å². The summed E-state index contributed by atoms with van der Waals surface area (Å²) in [6, 6.07) is 1.87. The third-order valence-electron chi connectivity index (χ3n) is 2.68. The number of thioether (sulfide) groups is 1. The van der Waals surface area contributed by atoms with E-state index in [0.29, 0.717) is 18.2 Å². The number of carbonyl (C=O) groups excluding carboxylic acids is 2. The lowest BCUT2D eigenvalue weighted by molar-refractivity contribution is -0.133. The second-order valence-electron chi connectivity index (χ2n) is 4.21. The van der Waals surface area contributed by atoms with Crippen LogP contribution in [-0.2, 0) is 9.59 Å². The summed E-state index contributed by atoms with van der Waals surface area (Å²) in [5, 5.41) is 11.7. The second-order valence-corrected chi connectivity index (χ2v) is 5.16. The molecule has 1 aromatic heterocycles. The molecule has 0 fully saturated rings. The minimum absolute atomic E-state index is 0.0279. The van der Waals surface area contributed by atoms with Crippen molar-refractivity contribution in [2.45, 2.75) is 19.0 Å². The van der Waals surface area contributed by atoms with E-state index in [0.717, 1.165) is 11.8 Å². The van der Waals surface area contributed by atoms with E-state index in [1.165, 1.54) is 11.1 Å². The maximum absolute atomic E-state index is 12.1. The molecule has 0 atom stereocenters. The van der Waals surface area contributed by atoms with Crippen LogP contribution in [0, 0.1) is 11.3 Å². The van der Waals surface area contributed by atoms with Crippen molar-refractivity contribution < 1.29 is 9.59 Å². The first-order valence-electron chi connectivity index (χ1n) is 6.71. The van der Waals surface area contributed by atoms with E-state index < -0.39 is 0 Å². The molecule has 0 aliphatic rings. The summed E-state index contributed by atoms with van der Waals surface area (Å²) in [4.78, 5) is 33.0. The molecular formula is C13H18N6O2S. The molecule has 22 heavy (non-hydrogen) atoms. The largest absolute Gasteiger partial charge is 0.382 e. The Hall–Kier alpha value is -2.34. The van der Waals surface area contributed by atoms with Gasteiger partial charge in [0.15, 0.2) is 5.16 Å². The van der Waals surface area contributed by atoms with Crippen LogP contribution in [0.4, 0.5) is 5.82 Å². The van der Waals surface area contributed by atoms with Crippen LogP contribution in [0.5, 0.6) is 0 Å². The summed E-state index contributed by atoms with van der Waals surface area (Å²) in [5.41, 5.74) is 5.78. The van der Waals surface area contributed by atoms with Crippen LogP contribution >= 0.6 is 11.8 Å². The van der Waals surface area contributed by atoms with Crippen LogP contribution in [0.1, 0.15) is 19.4 Å². The standard InChI is InChI=1S/C13H18N6O2S/c1-3-16-10(20)7-19(4-2)11(21)8-22-13-17-6-9(5-14)12(15)18-13/h6H,3-4,7-8H2,1-2H3,(H,16,20)(H2,15,17,18). The van der Waals surface area contributed by atoms with Crippen LogP contribution in [0.15, 0.2) is 11.4 Å². The lowest BCUT2D eigenvalue weighted by atomic mass is 10.3. The van der Waals surface area contributed by atoms with Crippen molar-refractivity contribution in [2.24, 2.45) is 0 Å². The predicted octanol–water partition coefficient (Wildman–Crippen LogP) is 0.00718. The number of nitrogen functional groups attached to an aromatic ring is 1. The third-order valence-corrected chi connectivity index (χ3v) is 3.53. The Morgan fingerprint density at radius 2 is 2.23 bits per heavy atom. The van der Waals surface area contributed by atoms with E-state index in [2.05, 4.69) is 15.3 Å². The summed E-state index contributed by atoms with van der Waals surface area (Å²) in [6.45, 7) is 4.61. The monoisotopic (exact) mass is 322 g/mol. The molecule has 0 spiro atoms. The van der Waals surface area contributed by atoms with Gasteiger partial charge < -0.3 is 16.0 Å². The highest BCUT2D eigenvalue weighted by Crippen LogP contribution is 2.16. The number of hydrogen-bond acceptors (Lipinski definition) is 7. The molecule has 3 N–H and O–H groups in total. The number of nitriles is 1. The molecule has 8 nitrogen and oxygen atoms in total. The highest BCUT2D eigenvalue weighted by Gasteiger charge is 2.16. The number of hydrogen-bond donors (Lipinski definition) is 2. The molecule has 0 aliphatic carbocycles. The molecule has 0 bridgehead atoms. The average molecular weight is 322 g/mol. The van der Waals surface area contributed by atoms with Gasteiger partial charge in [0.25, 0.3) is 0 Å². The van der Waals surface area contributed by atoms with Crippen LogP contribution in [0.2, 0.25) is 0 Å². The number of nitrogens with one attached hydrogen (secondary N) is 1. The fourth-order valence-corrected chi connectivity index (χ4v) is 2.28. The second kappa shape index (κ2) is 8.84. The number of likely N-dealkylation sites (N-methyl/N-ethyl adjacent to an activating group) is 2. The van der Waals surface area contributed by atoms with E-state index in [4.69, 9.17) is 11.0 Å². The Kier molecular flexibility index (Phi) is 7.12. The van der Waals surface area contributed by atoms with Crippen molar-refractivity contribution in [1.29, 1.82) is 5.26 Å². The van der Waals surface area contributed by atoms with Gasteiger partial charge in [-0.2, -0.15) is 5.26 Å². The predicted molar refractivity (Wildman–Crippen MR) is 82.8 cm³/mol. The van der Waals surface area contributed by atoms with Gasteiger partial charge in [0.05, 0.1) is 18.5 Å². The van der Waals surface area contributed by atoms with E-state index in [9.17, 15) is 9.59 Å². The summed E-state index contributed by atoms with van der Waals surface area (Å²) in [5.74, 6) is -0.201. The van der Waals surface area contributed by atoms with Crippen LogP contribution in [-0.4, -0.2) is 52.1 Å².